The Labute approximate surface area is 148 Å². The van der Waals surface area contributed by atoms with Crippen LogP contribution < -0.4 is 15.8 Å². The van der Waals surface area contributed by atoms with Gasteiger partial charge in [-0.05, 0) is 31.9 Å². The van der Waals surface area contributed by atoms with Crippen molar-refractivity contribution >= 4 is 18.3 Å². The fourth-order valence-electron chi connectivity index (χ4n) is 2.04. The summed E-state index contributed by atoms with van der Waals surface area (Å²) >= 11 is 0. The third kappa shape index (κ3) is 5.54. The standard InChI is InChI=1S/C17H24N4O2.ClH/c1-3-11-23-15-12-21(14-7-5-4-6-8-14)20-16(15)17(22)19-10-9-13(2)18;/h4-8,12-13H,3,9-11,18H2,1-2H3,(H,19,22);1H. The molecule has 6 nitrogen and oxygen atoms in total. The maximum atomic E-state index is 12.3. The number of para-hydroxylation sites is 1. The summed E-state index contributed by atoms with van der Waals surface area (Å²) in [4.78, 5) is 12.3. The molecule has 1 atom stereocenters. The van der Waals surface area contributed by atoms with Crippen LogP contribution in [0.4, 0.5) is 0 Å². The second-order valence-corrected chi connectivity index (χ2v) is 5.49. The highest BCUT2D eigenvalue weighted by atomic mass is 35.5. The number of hydrogen-bond acceptors (Lipinski definition) is 4. The molecule has 1 aromatic heterocycles. The molecule has 0 saturated heterocycles. The topological polar surface area (TPSA) is 82.2 Å². The first-order valence-electron chi connectivity index (χ1n) is 7.93. The Bertz CT molecular complexity index is 629. The molecule has 132 valence electrons. The summed E-state index contributed by atoms with van der Waals surface area (Å²) < 4.78 is 7.33. The normalized spacial score (nSPS) is 11.5. The van der Waals surface area contributed by atoms with Crippen LogP contribution in [0.5, 0.6) is 5.75 Å². The molecular weight excluding hydrogens is 328 g/mol. The van der Waals surface area contributed by atoms with Crippen molar-refractivity contribution in [3.8, 4) is 11.4 Å². The number of benzene rings is 1. The van der Waals surface area contributed by atoms with Crippen molar-refractivity contribution in [1.82, 2.24) is 15.1 Å². The molecule has 1 amide bonds. The molecule has 3 N–H and O–H groups in total. The van der Waals surface area contributed by atoms with Crippen LogP contribution in [0.25, 0.3) is 5.69 Å². The van der Waals surface area contributed by atoms with E-state index in [0.717, 1.165) is 18.5 Å². The van der Waals surface area contributed by atoms with Crippen LogP contribution in [0.2, 0.25) is 0 Å². The van der Waals surface area contributed by atoms with Gasteiger partial charge in [-0.15, -0.1) is 12.4 Å². The van der Waals surface area contributed by atoms with E-state index in [1.54, 1.807) is 10.9 Å². The van der Waals surface area contributed by atoms with E-state index in [0.29, 0.717) is 24.6 Å². The van der Waals surface area contributed by atoms with E-state index < -0.39 is 0 Å². The molecule has 24 heavy (non-hydrogen) atoms. The average molecular weight is 353 g/mol. The molecule has 1 unspecified atom stereocenters. The number of ether oxygens (including phenoxy) is 1. The number of nitrogens with one attached hydrogen (secondary N) is 1. The van der Waals surface area contributed by atoms with Crippen molar-refractivity contribution in [3.63, 3.8) is 0 Å². The van der Waals surface area contributed by atoms with E-state index >= 15 is 0 Å². The van der Waals surface area contributed by atoms with Crippen LogP contribution in [0.15, 0.2) is 36.5 Å². The summed E-state index contributed by atoms with van der Waals surface area (Å²) in [5.74, 6) is 0.250. The minimum absolute atomic E-state index is 0. The summed E-state index contributed by atoms with van der Waals surface area (Å²) in [5, 5.41) is 7.22. The van der Waals surface area contributed by atoms with E-state index in [1.165, 1.54) is 0 Å². The Balaban J connectivity index is 0.00000288. The number of hydrogen-bond donors (Lipinski definition) is 2. The van der Waals surface area contributed by atoms with E-state index in [-0.39, 0.29) is 24.4 Å². The summed E-state index contributed by atoms with van der Waals surface area (Å²) in [7, 11) is 0. The Kier molecular flexibility index (Phi) is 8.29. The molecule has 0 aliphatic heterocycles. The van der Waals surface area contributed by atoms with Gasteiger partial charge in [0.1, 0.15) is 0 Å². The number of halogens is 1. The average Bonchev–Trinajstić information content (AvgIpc) is 2.97. The van der Waals surface area contributed by atoms with Gasteiger partial charge in [0.05, 0.1) is 18.5 Å². The second kappa shape index (κ2) is 9.95. The highest BCUT2D eigenvalue weighted by Gasteiger charge is 2.18. The molecule has 1 aromatic carbocycles. The highest BCUT2D eigenvalue weighted by molar-refractivity contribution is 5.94. The first-order valence-corrected chi connectivity index (χ1v) is 7.93. The van der Waals surface area contributed by atoms with E-state index in [9.17, 15) is 4.79 Å². The van der Waals surface area contributed by atoms with E-state index in [4.69, 9.17) is 10.5 Å². The van der Waals surface area contributed by atoms with Crippen molar-refractivity contribution in [1.29, 1.82) is 0 Å². The maximum absolute atomic E-state index is 12.3. The van der Waals surface area contributed by atoms with Crippen molar-refractivity contribution < 1.29 is 9.53 Å². The predicted octanol–water partition coefficient (Wildman–Crippen LogP) is 2.55. The lowest BCUT2D eigenvalue weighted by Crippen LogP contribution is -2.29. The molecular formula is C17H25ClN4O2. The van der Waals surface area contributed by atoms with Gasteiger partial charge in [0, 0.05) is 12.6 Å². The number of carbonyl (C=O) groups excluding carboxylic acids is 1. The molecule has 2 rings (SSSR count). The molecule has 1 heterocycles. The van der Waals surface area contributed by atoms with Gasteiger partial charge in [-0.3, -0.25) is 4.79 Å². The zero-order chi connectivity index (χ0) is 16.7. The van der Waals surface area contributed by atoms with Gasteiger partial charge in [-0.1, -0.05) is 25.1 Å². The monoisotopic (exact) mass is 352 g/mol. The first kappa shape index (κ1) is 20.0. The van der Waals surface area contributed by atoms with E-state index in [2.05, 4.69) is 10.4 Å². The summed E-state index contributed by atoms with van der Waals surface area (Å²) in [6.45, 7) is 4.98. The van der Waals surface area contributed by atoms with Gasteiger partial charge in [0.25, 0.3) is 5.91 Å². The van der Waals surface area contributed by atoms with Crippen LogP contribution in [0.3, 0.4) is 0 Å². The minimum Gasteiger partial charge on any atom is -0.489 e. The molecule has 0 aliphatic carbocycles. The Morgan fingerprint density at radius 2 is 2.08 bits per heavy atom. The smallest absolute Gasteiger partial charge is 0.275 e. The molecule has 2 aromatic rings. The van der Waals surface area contributed by atoms with Crippen molar-refractivity contribution in [2.24, 2.45) is 5.73 Å². The number of aromatic nitrogens is 2. The third-order valence-electron chi connectivity index (χ3n) is 3.26. The lowest BCUT2D eigenvalue weighted by atomic mass is 10.2. The molecule has 0 bridgehead atoms. The van der Waals surface area contributed by atoms with Crippen molar-refractivity contribution in [2.45, 2.75) is 32.7 Å². The van der Waals surface area contributed by atoms with Crippen LogP contribution in [0, 0.1) is 0 Å². The fraction of sp³-hybridized carbons (Fsp3) is 0.412. The first-order chi connectivity index (χ1) is 11.1. The zero-order valence-corrected chi connectivity index (χ0v) is 14.9. The van der Waals surface area contributed by atoms with Crippen molar-refractivity contribution in [2.75, 3.05) is 13.2 Å². The van der Waals surface area contributed by atoms with Crippen LogP contribution in [-0.2, 0) is 0 Å². The Hall–Kier alpha value is -2.05. The highest BCUT2D eigenvalue weighted by Crippen LogP contribution is 2.20. The van der Waals surface area contributed by atoms with Crippen LogP contribution in [-0.4, -0.2) is 34.9 Å². The van der Waals surface area contributed by atoms with Gasteiger partial charge < -0.3 is 15.8 Å². The summed E-state index contributed by atoms with van der Waals surface area (Å²) in [6, 6.07) is 9.68. The Morgan fingerprint density at radius 3 is 2.71 bits per heavy atom. The molecule has 0 spiro atoms. The van der Waals surface area contributed by atoms with Gasteiger partial charge in [-0.25, -0.2) is 4.68 Å². The maximum Gasteiger partial charge on any atom is 0.275 e. The van der Waals surface area contributed by atoms with Gasteiger partial charge in [0.2, 0.25) is 0 Å². The van der Waals surface area contributed by atoms with Gasteiger partial charge in [-0.2, -0.15) is 5.10 Å². The summed E-state index contributed by atoms with van der Waals surface area (Å²) in [5.41, 5.74) is 6.87. The van der Waals surface area contributed by atoms with E-state index in [1.807, 2.05) is 44.2 Å². The number of nitrogens with two attached hydrogens (primary N) is 1. The third-order valence-corrected chi connectivity index (χ3v) is 3.26. The zero-order valence-electron chi connectivity index (χ0n) is 14.1. The number of rotatable bonds is 8. The minimum atomic E-state index is -0.244. The summed E-state index contributed by atoms with van der Waals surface area (Å²) in [6.07, 6.45) is 3.32. The molecule has 0 saturated carbocycles. The molecule has 0 aliphatic rings. The van der Waals surface area contributed by atoms with Gasteiger partial charge in [0.15, 0.2) is 11.4 Å². The van der Waals surface area contributed by atoms with Crippen molar-refractivity contribution in [3.05, 3.63) is 42.2 Å². The molecule has 0 radical (unpaired) electrons. The lowest BCUT2D eigenvalue weighted by Gasteiger charge is -2.07. The van der Waals surface area contributed by atoms with Gasteiger partial charge >= 0.3 is 0 Å². The molecule has 7 heteroatoms. The second-order valence-electron chi connectivity index (χ2n) is 5.49. The number of amides is 1. The predicted molar refractivity (Wildman–Crippen MR) is 97.2 cm³/mol. The fourth-order valence-corrected chi connectivity index (χ4v) is 2.04. The van der Waals surface area contributed by atoms with Crippen LogP contribution >= 0.6 is 12.4 Å². The Morgan fingerprint density at radius 1 is 1.38 bits per heavy atom. The number of carbonyl (C=O) groups is 1. The lowest BCUT2D eigenvalue weighted by molar-refractivity contribution is 0.0943. The quantitative estimate of drug-likeness (QED) is 0.764. The number of nitrogens with zero attached hydrogens (tertiary/aromatic N) is 2. The largest absolute Gasteiger partial charge is 0.489 e. The molecule has 0 fully saturated rings. The SMILES string of the molecule is CCCOc1cn(-c2ccccc2)nc1C(=O)NCCC(C)N.Cl. The van der Waals surface area contributed by atoms with Crippen LogP contribution in [0.1, 0.15) is 37.2 Å².